The Morgan fingerprint density at radius 2 is 2.25 bits per heavy atom. The summed E-state index contributed by atoms with van der Waals surface area (Å²) in [5.41, 5.74) is 5.95. The highest BCUT2D eigenvalue weighted by atomic mass is 16.5. The zero-order chi connectivity index (χ0) is 11.6. The van der Waals surface area contributed by atoms with Crippen LogP contribution in [0.25, 0.3) is 0 Å². The van der Waals surface area contributed by atoms with E-state index in [1.54, 1.807) is 0 Å². The van der Waals surface area contributed by atoms with E-state index in [0.717, 1.165) is 24.2 Å². The number of hydrogen-bond donors (Lipinski definition) is 2. The first-order valence-electron chi connectivity index (χ1n) is 5.86. The minimum Gasteiger partial charge on any atom is -0.493 e. The summed E-state index contributed by atoms with van der Waals surface area (Å²) in [6.07, 6.45) is 2.21. The monoisotopic (exact) mass is 221 g/mol. The van der Waals surface area contributed by atoms with Gasteiger partial charge in [-0.2, -0.15) is 0 Å². The van der Waals surface area contributed by atoms with Crippen molar-refractivity contribution in [3.05, 3.63) is 29.8 Å². The van der Waals surface area contributed by atoms with Crippen LogP contribution >= 0.6 is 0 Å². The predicted molar refractivity (Wildman–Crippen MR) is 63.3 cm³/mol. The molecule has 1 aromatic carbocycles. The van der Waals surface area contributed by atoms with E-state index >= 15 is 0 Å². The van der Waals surface area contributed by atoms with Crippen LogP contribution in [0.4, 0.5) is 0 Å². The highest BCUT2D eigenvalue weighted by Gasteiger charge is 2.39. The van der Waals surface area contributed by atoms with E-state index in [1.807, 2.05) is 31.2 Å². The number of nitrogens with two attached hydrogens (primary N) is 1. The third-order valence-corrected chi connectivity index (χ3v) is 3.22. The van der Waals surface area contributed by atoms with Gasteiger partial charge in [0.05, 0.1) is 12.2 Å². The molecular formula is C13H19NO2. The second-order valence-electron chi connectivity index (χ2n) is 4.46. The Morgan fingerprint density at radius 1 is 1.50 bits per heavy atom. The van der Waals surface area contributed by atoms with Crippen molar-refractivity contribution < 1.29 is 9.84 Å². The van der Waals surface area contributed by atoms with Crippen LogP contribution in [-0.4, -0.2) is 17.8 Å². The molecule has 1 aromatic rings. The summed E-state index contributed by atoms with van der Waals surface area (Å²) in [4.78, 5) is 0. The lowest BCUT2D eigenvalue weighted by atomic mass is 9.91. The van der Waals surface area contributed by atoms with Gasteiger partial charge in [-0.25, -0.2) is 0 Å². The lowest BCUT2D eigenvalue weighted by molar-refractivity contribution is 0.0401. The molecule has 0 heterocycles. The normalized spacial score (nSPS) is 29.3. The number of aliphatic hydroxyl groups is 1. The highest BCUT2D eigenvalue weighted by molar-refractivity contribution is 5.38. The molecular weight excluding hydrogens is 202 g/mol. The fourth-order valence-electron chi connectivity index (χ4n) is 2.44. The predicted octanol–water partition coefficient (Wildman–Crippen LogP) is 1.78. The maximum Gasteiger partial charge on any atom is 0.125 e. The van der Waals surface area contributed by atoms with Gasteiger partial charge in [-0.3, -0.25) is 0 Å². The molecule has 1 aliphatic rings. The quantitative estimate of drug-likeness (QED) is 0.818. The molecule has 0 saturated heterocycles. The van der Waals surface area contributed by atoms with E-state index in [-0.39, 0.29) is 6.04 Å². The van der Waals surface area contributed by atoms with E-state index in [1.165, 1.54) is 0 Å². The minimum absolute atomic E-state index is 0.0969. The maximum absolute atomic E-state index is 10.6. The van der Waals surface area contributed by atoms with Gasteiger partial charge in [0.25, 0.3) is 0 Å². The molecule has 0 spiro atoms. The van der Waals surface area contributed by atoms with Gasteiger partial charge in [-0.15, -0.1) is 0 Å². The number of benzene rings is 1. The van der Waals surface area contributed by atoms with Gasteiger partial charge in [-0.05, 0) is 32.3 Å². The third kappa shape index (κ3) is 2.06. The molecule has 16 heavy (non-hydrogen) atoms. The van der Waals surface area contributed by atoms with Crippen molar-refractivity contribution in [2.24, 2.45) is 5.73 Å². The summed E-state index contributed by atoms with van der Waals surface area (Å²) in [5, 5.41) is 10.6. The Bertz CT molecular complexity index is 367. The van der Waals surface area contributed by atoms with Gasteiger partial charge < -0.3 is 15.6 Å². The lowest BCUT2D eigenvalue weighted by Crippen LogP contribution is -2.26. The smallest absolute Gasteiger partial charge is 0.125 e. The SMILES string of the molecule is CCOc1ccccc1C1(O)CCC(N)C1. The molecule has 3 heteroatoms. The molecule has 2 atom stereocenters. The van der Waals surface area contributed by atoms with Gasteiger partial charge in [0.15, 0.2) is 0 Å². The van der Waals surface area contributed by atoms with Gasteiger partial charge in [0.2, 0.25) is 0 Å². The molecule has 2 unspecified atom stereocenters. The van der Waals surface area contributed by atoms with Gasteiger partial charge in [0.1, 0.15) is 5.75 Å². The zero-order valence-corrected chi connectivity index (χ0v) is 9.65. The Labute approximate surface area is 96.2 Å². The molecule has 1 fully saturated rings. The summed E-state index contributed by atoms with van der Waals surface area (Å²) in [5.74, 6) is 0.779. The van der Waals surface area contributed by atoms with Crippen LogP contribution in [0.1, 0.15) is 31.7 Å². The molecule has 2 rings (SSSR count). The number of para-hydroxylation sites is 1. The van der Waals surface area contributed by atoms with Crippen molar-refractivity contribution in [1.29, 1.82) is 0 Å². The van der Waals surface area contributed by atoms with E-state index in [9.17, 15) is 5.11 Å². The van der Waals surface area contributed by atoms with Crippen LogP contribution in [0.3, 0.4) is 0 Å². The number of hydrogen-bond acceptors (Lipinski definition) is 3. The Kier molecular flexibility index (Phi) is 3.17. The van der Waals surface area contributed by atoms with Crippen LogP contribution in [0.5, 0.6) is 5.75 Å². The zero-order valence-electron chi connectivity index (χ0n) is 9.65. The molecule has 0 aliphatic heterocycles. The second kappa shape index (κ2) is 4.44. The van der Waals surface area contributed by atoms with Crippen molar-refractivity contribution >= 4 is 0 Å². The van der Waals surface area contributed by atoms with Crippen LogP contribution in [0, 0.1) is 0 Å². The fourth-order valence-corrected chi connectivity index (χ4v) is 2.44. The largest absolute Gasteiger partial charge is 0.493 e. The molecule has 88 valence electrons. The standard InChI is InChI=1S/C13H19NO2/c1-2-16-12-6-4-3-5-11(12)13(15)8-7-10(14)9-13/h3-6,10,15H,2,7-9,14H2,1H3. The fraction of sp³-hybridized carbons (Fsp3) is 0.538. The van der Waals surface area contributed by atoms with E-state index in [0.29, 0.717) is 13.0 Å². The summed E-state index contributed by atoms with van der Waals surface area (Å²) >= 11 is 0. The van der Waals surface area contributed by atoms with Crippen LogP contribution in [0.2, 0.25) is 0 Å². The Balaban J connectivity index is 2.32. The first kappa shape index (κ1) is 11.4. The van der Waals surface area contributed by atoms with Crippen LogP contribution in [-0.2, 0) is 5.60 Å². The van der Waals surface area contributed by atoms with Crippen molar-refractivity contribution in [1.82, 2.24) is 0 Å². The topological polar surface area (TPSA) is 55.5 Å². The van der Waals surface area contributed by atoms with E-state index in [2.05, 4.69) is 0 Å². The maximum atomic E-state index is 10.6. The van der Waals surface area contributed by atoms with E-state index < -0.39 is 5.60 Å². The average molecular weight is 221 g/mol. The second-order valence-corrected chi connectivity index (χ2v) is 4.46. The molecule has 1 saturated carbocycles. The van der Waals surface area contributed by atoms with Crippen molar-refractivity contribution in [2.75, 3.05) is 6.61 Å². The van der Waals surface area contributed by atoms with Crippen LogP contribution in [0.15, 0.2) is 24.3 Å². The first-order valence-corrected chi connectivity index (χ1v) is 5.86. The summed E-state index contributed by atoms with van der Waals surface area (Å²) < 4.78 is 5.55. The molecule has 0 bridgehead atoms. The van der Waals surface area contributed by atoms with Gasteiger partial charge in [0, 0.05) is 11.6 Å². The van der Waals surface area contributed by atoms with Crippen LogP contribution < -0.4 is 10.5 Å². The molecule has 0 amide bonds. The van der Waals surface area contributed by atoms with E-state index in [4.69, 9.17) is 10.5 Å². The lowest BCUT2D eigenvalue weighted by Gasteiger charge is -2.25. The van der Waals surface area contributed by atoms with Crippen molar-refractivity contribution in [3.63, 3.8) is 0 Å². The van der Waals surface area contributed by atoms with Gasteiger partial charge >= 0.3 is 0 Å². The summed E-state index contributed by atoms with van der Waals surface area (Å²) in [7, 11) is 0. The molecule has 1 aliphatic carbocycles. The molecule has 0 aromatic heterocycles. The summed E-state index contributed by atoms with van der Waals surface area (Å²) in [6.45, 7) is 2.56. The van der Waals surface area contributed by atoms with Crippen molar-refractivity contribution in [2.45, 2.75) is 37.8 Å². The molecule has 3 N–H and O–H groups in total. The highest BCUT2D eigenvalue weighted by Crippen LogP contribution is 2.41. The van der Waals surface area contributed by atoms with Crippen molar-refractivity contribution in [3.8, 4) is 5.75 Å². The van der Waals surface area contributed by atoms with Gasteiger partial charge in [-0.1, -0.05) is 18.2 Å². The Morgan fingerprint density at radius 3 is 2.88 bits per heavy atom. The molecule has 3 nitrogen and oxygen atoms in total. The minimum atomic E-state index is -0.800. The first-order chi connectivity index (χ1) is 7.65. The number of ether oxygens (including phenoxy) is 1. The Hall–Kier alpha value is -1.06. The summed E-state index contributed by atoms with van der Waals surface area (Å²) in [6, 6.07) is 7.79. The average Bonchev–Trinajstić information content (AvgIpc) is 2.61. The number of rotatable bonds is 3. The molecule has 0 radical (unpaired) electrons. The third-order valence-electron chi connectivity index (χ3n) is 3.22.